The van der Waals surface area contributed by atoms with Crippen molar-refractivity contribution in [1.82, 2.24) is 4.98 Å². The first-order valence-electron chi connectivity index (χ1n) is 8.02. The largest absolute Gasteiger partial charge is 0.494 e. The van der Waals surface area contributed by atoms with Gasteiger partial charge in [-0.2, -0.15) is 0 Å². The molecule has 2 heteroatoms. The van der Waals surface area contributed by atoms with Gasteiger partial charge in [-0.1, -0.05) is 49.4 Å². The molecule has 2 nitrogen and oxygen atoms in total. The summed E-state index contributed by atoms with van der Waals surface area (Å²) in [5, 5.41) is 0. The fourth-order valence-corrected chi connectivity index (χ4v) is 2.44. The van der Waals surface area contributed by atoms with Crippen LogP contribution in [0.1, 0.15) is 18.9 Å². The predicted molar refractivity (Wildman–Crippen MR) is 95.6 cm³/mol. The van der Waals surface area contributed by atoms with Gasteiger partial charge >= 0.3 is 0 Å². The highest BCUT2D eigenvalue weighted by molar-refractivity contribution is 5.69. The van der Waals surface area contributed by atoms with Crippen molar-refractivity contribution < 1.29 is 4.74 Å². The summed E-state index contributed by atoms with van der Waals surface area (Å²) in [4.78, 5) is 4.47. The molecule has 23 heavy (non-hydrogen) atoms. The van der Waals surface area contributed by atoms with Gasteiger partial charge in [0.15, 0.2) is 0 Å². The first-order chi connectivity index (χ1) is 11.3. The summed E-state index contributed by atoms with van der Waals surface area (Å²) in [5.74, 6) is 0.927. The lowest BCUT2D eigenvalue weighted by Gasteiger charge is -2.07. The molecule has 1 aromatic heterocycles. The van der Waals surface area contributed by atoms with E-state index in [0.29, 0.717) is 0 Å². The van der Waals surface area contributed by atoms with Gasteiger partial charge in [-0.25, -0.2) is 0 Å². The number of rotatable bonds is 5. The first kappa shape index (κ1) is 15.3. The van der Waals surface area contributed by atoms with Gasteiger partial charge in [0.1, 0.15) is 5.75 Å². The van der Waals surface area contributed by atoms with Crippen LogP contribution in [0.25, 0.3) is 22.4 Å². The molecule has 1 heterocycles. The van der Waals surface area contributed by atoms with Crippen molar-refractivity contribution >= 4 is 0 Å². The molecule has 2 aromatic carbocycles. The lowest BCUT2D eigenvalue weighted by Crippen LogP contribution is -1.94. The third-order valence-electron chi connectivity index (χ3n) is 3.75. The van der Waals surface area contributed by atoms with Crippen molar-refractivity contribution in [2.45, 2.75) is 20.3 Å². The Labute approximate surface area is 137 Å². The molecule has 0 N–H and O–H groups in total. The van der Waals surface area contributed by atoms with Crippen molar-refractivity contribution in [1.29, 1.82) is 0 Å². The molecule has 0 bridgehead atoms. The van der Waals surface area contributed by atoms with E-state index in [0.717, 1.165) is 30.0 Å². The van der Waals surface area contributed by atoms with Crippen LogP contribution in [0.5, 0.6) is 5.75 Å². The highest BCUT2D eigenvalue weighted by Crippen LogP contribution is 2.25. The van der Waals surface area contributed by atoms with Gasteiger partial charge in [-0.15, -0.1) is 0 Å². The summed E-state index contributed by atoms with van der Waals surface area (Å²) in [6.07, 6.45) is 2.93. The smallest absolute Gasteiger partial charge is 0.119 e. The molecule has 3 rings (SSSR count). The predicted octanol–water partition coefficient (Wildman–Crippen LogP) is 5.51. The molecule has 0 amide bonds. The van der Waals surface area contributed by atoms with E-state index in [-0.39, 0.29) is 0 Å². The third kappa shape index (κ3) is 3.78. The maximum Gasteiger partial charge on any atom is 0.119 e. The Kier molecular flexibility index (Phi) is 4.72. The number of hydrogen-bond acceptors (Lipinski definition) is 2. The van der Waals surface area contributed by atoms with Crippen LogP contribution in [0.4, 0.5) is 0 Å². The summed E-state index contributed by atoms with van der Waals surface area (Å²) in [6, 6.07) is 20.9. The zero-order chi connectivity index (χ0) is 16.1. The number of ether oxygens (including phenoxy) is 1. The van der Waals surface area contributed by atoms with Gasteiger partial charge < -0.3 is 4.74 Å². The van der Waals surface area contributed by atoms with Crippen molar-refractivity contribution in [3.8, 4) is 28.1 Å². The second kappa shape index (κ2) is 7.10. The van der Waals surface area contributed by atoms with Crippen molar-refractivity contribution in [3.05, 3.63) is 72.4 Å². The first-order valence-corrected chi connectivity index (χ1v) is 8.02. The van der Waals surface area contributed by atoms with E-state index in [1.54, 1.807) is 0 Å². The molecular formula is C21H21NO. The van der Waals surface area contributed by atoms with E-state index in [9.17, 15) is 0 Å². The molecule has 116 valence electrons. The molecule has 0 unspecified atom stereocenters. The van der Waals surface area contributed by atoms with Gasteiger partial charge in [-0.05, 0) is 48.2 Å². The van der Waals surface area contributed by atoms with Gasteiger partial charge in [0, 0.05) is 11.8 Å². The number of aryl methyl sites for hydroxylation is 1. The average molecular weight is 303 g/mol. The molecule has 0 aliphatic heterocycles. The van der Waals surface area contributed by atoms with E-state index >= 15 is 0 Å². The van der Waals surface area contributed by atoms with Crippen molar-refractivity contribution in [2.24, 2.45) is 0 Å². The minimum absolute atomic E-state index is 0.762. The lowest BCUT2D eigenvalue weighted by atomic mass is 10.0. The Morgan fingerprint density at radius 1 is 0.783 bits per heavy atom. The molecular weight excluding hydrogens is 282 g/mol. The molecule has 0 fully saturated rings. The SMILES string of the molecule is CCCOc1ccc(-c2ccc(-c3ccc(C)cn3)cc2)cc1. The Hall–Kier alpha value is -2.61. The third-order valence-corrected chi connectivity index (χ3v) is 3.75. The van der Waals surface area contributed by atoms with Crippen LogP contribution in [0.3, 0.4) is 0 Å². The van der Waals surface area contributed by atoms with E-state index in [2.05, 4.69) is 60.4 Å². The fraction of sp³-hybridized carbons (Fsp3) is 0.190. The average Bonchev–Trinajstić information content (AvgIpc) is 2.61. The molecule has 0 saturated carbocycles. The fourth-order valence-electron chi connectivity index (χ4n) is 2.44. The van der Waals surface area contributed by atoms with E-state index < -0.39 is 0 Å². The standard InChI is InChI=1S/C21H21NO/c1-3-14-23-20-11-9-18(10-12-20)17-5-7-19(8-6-17)21-13-4-16(2)15-22-21/h4-13,15H,3,14H2,1-2H3. The second-order valence-electron chi connectivity index (χ2n) is 5.67. The minimum Gasteiger partial charge on any atom is -0.494 e. The summed E-state index contributed by atoms with van der Waals surface area (Å²) in [6.45, 7) is 4.92. The molecule has 0 atom stereocenters. The van der Waals surface area contributed by atoms with Gasteiger partial charge in [0.05, 0.1) is 12.3 Å². The zero-order valence-electron chi connectivity index (χ0n) is 13.6. The van der Waals surface area contributed by atoms with Crippen LogP contribution in [-0.2, 0) is 0 Å². The molecule has 0 aliphatic rings. The monoisotopic (exact) mass is 303 g/mol. The summed E-state index contributed by atoms with van der Waals surface area (Å²) in [7, 11) is 0. The van der Waals surface area contributed by atoms with E-state index in [1.807, 2.05) is 25.3 Å². The highest BCUT2D eigenvalue weighted by atomic mass is 16.5. The topological polar surface area (TPSA) is 22.1 Å². The molecule has 0 saturated heterocycles. The molecule has 0 aliphatic carbocycles. The molecule has 0 radical (unpaired) electrons. The normalized spacial score (nSPS) is 10.5. The summed E-state index contributed by atoms with van der Waals surface area (Å²) in [5.41, 5.74) is 5.71. The maximum atomic E-state index is 5.62. The Morgan fingerprint density at radius 2 is 1.39 bits per heavy atom. The molecule has 0 spiro atoms. The minimum atomic E-state index is 0.762. The van der Waals surface area contributed by atoms with Crippen LogP contribution in [-0.4, -0.2) is 11.6 Å². The van der Waals surface area contributed by atoms with E-state index in [1.165, 1.54) is 16.7 Å². The van der Waals surface area contributed by atoms with E-state index in [4.69, 9.17) is 4.74 Å². The zero-order valence-corrected chi connectivity index (χ0v) is 13.6. The quantitative estimate of drug-likeness (QED) is 0.619. The summed E-state index contributed by atoms with van der Waals surface area (Å²) < 4.78 is 5.62. The number of hydrogen-bond donors (Lipinski definition) is 0. The van der Waals surface area contributed by atoms with Gasteiger partial charge in [0.25, 0.3) is 0 Å². The van der Waals surface area contributed by atoms with Gasteiger partial charge in [-0.3, -0.25) is 4.98 Å². The summed E-state index contributed by atoms with van der Waals surface area (Å²) >= 11 is 0. The van der Waals surface area contributed by atoms with Crippen LogP contribution < -0.4 is 4.74 Å². The number of benzene rings is 2. The number of pyridine rings is 1. The number of aromatic nitrogens is 1. The van der Waals surface area contributed by atoms with Crippen LogP contribution in [0, 0.1) is 6.92 Å². The van der Waals surface area contributed by atoms with Crippen LogP contribution in [0.2, 0.25) is 0 Å². The highest BCUT2D eigenvalue weighted by Gasteiger charge is 2.02. The second-order valence-corrected chi connectivity index (χ2v) is 5.67. The van der Waals surface area contributed by atoms with Gasteiger partial charge in [0.2, 0.25) is 0 Å². The molecule has 3 aromatic rings. The number of nitrogens with zero attached hydrogens (tertiary/aromatic N) is 1. The van der Waals surface area contributed by atoms with Crippen LogP contribution in [0.15, 0.2) is 66.9 Å². The van der Waals surface area contributed by atoms with Crippen molar-refractivity contribution in [3.63, 3.8) is 0 Å². The van der Waals surface area contributed by atoms with Crippen molar-refractivity contribution in [2.75, 3.05) is 6.61 Å². The Bertz CT molecular complexity index is 743. The maximum absolute atomic E-state index is 5.62. The Morgan fingerprint density at radius 3 is 1.96 bits per heavy atom. The Balaban J connectivity index is 1.77. The van der Waals surface area contributed by atoms with Crippen LogP contribution >= 0.6 is 0 Å². The lowest BCUT2D eigenvalue weighted by molar-refractivity contribution is 0.317.